The van der Waals surface area contributed by atoms with Crippen molar-refractivity contribution in [3.8, 4) is 0 Å². The van der Waals surface area contributed by atoms with Crippen LogP contribution < -0.4 is 0 Å². The van der Waals surface area contributed by atoms with Crippen molar-refractivity contribution < 1.29 is 89.9 Å². The molecule has 0 aliphatic rings. The summed E-state index contributed by atoms with van der Waals surface area (Å²) in [7, 11) is 0. The van der Waals surface area contributed by atoms with Crippen molar-refractivity contribution in [3.63, 3.8) is 0 Å². The summed E-state index contributed by atoms with van der Waals surface area (Å²) < 4.78 is 0. The van der Waals surface area contributed by atoms with Crippen LogP contribution in [0.1, 0.15) is 0 Å². The summed E-state index contributed by atoms with van der Waals surface area (Å²) in [5, 5.41) is 0. The second-order valence-electron chi connectivity index (χ2n) is 0. The van der Waals surface area contributed by atoms with Crippen LogP contribution in [0.25, 0.3) is 0 Å². The van der Waals surface area contributed by atoms with E-state index in [0.717, 1.165) is 0 Å². The molecule has 0 aromatic carbocycles. The molecule has 36 valence electrons. The standard InChI is InChI=1S/3Ni.Sm/q3*-1;+3. The predicted octanol–water partition coefficient (Wildman–Crippen LogP) is -0.00750. The van der Waals surface area contributed by atoms with Crippen LogP contribution in [0, 0.1) is 40.4 Å². The van der Waals surface area contributed by atoms with E-state index in [9.17, 15) is 0 Å². The molecule has 4 heteroatoms. The Morgan fingerprint density at radius 2 is 0.500 bits per heavy atom. The van der Waals surface area contributed by atoms with E-state index in [0.29, 0.717) is 0 Å². The fraction of sp³-hybridized carbons (Fsp3) is 0. The van der Waals surface area contributed by atoms with Gasteiger partial charge in [0.1, 0.15) is 0 Å². The molecule has 4 radical (unpaired) electrons. The van der Waals surface area contributed by atoms with E-state index in [1.807, 2.05) is 0 Å². The summed E-state index contributed by atoms with van der Waals surface area (Å²) in [6.45, 7) is 0. The van der Waals surface area contributed by atoms with Gasteiger partial charge in [0.15, 0.2) is 0 Å². The summed E-state index contributed by atoms with van der Waals surface area (Å²) in [6, 6.07) is 0. The average Bonchev–Trinajstić information content (AvgIpc) is 0. The summed E-state index contributed by atoms with van der Waals surface area (Å²) >= 11 is 0. The minimum atomic E-state index is 0. The topological polar surface area (TPSA) is 0 Å². The van der Waals surface area contributed by atoms with E-state index in [1.54, 1.807) is 0 Å². The average molecular weight is 326 g/mol. The van der Waals surface area contributed by atoms with Crippen LogP contribution in [0.5, 0.6) is 0 Å². The smallest absolute Gasteiger partial charge is 1.00 e. The zero-order chi connectivity index (χ0) is 0. The third-order valence-corrected chi connectivity index (χ3v) is 0. The fourth-order valence-electron chi connectivity index (χ4n) is 0. The van der Waals surface area contributed by atoms with Gasteiger partial charge in [0, 0.05) is 0 Å². The molecule has 0 aliphatic carbocycles. The molecule has 0 saturated carbocycles. The predicted molar refractivity (Wildman–Crippen MR) is 0 cm³/mol. The fourth-order valence-corrected chi connectivity index (χ4v) is 0. The maximum Gasteiger partial charge on any atom is 3.00 e. The molecule has 0 unspecified atom stereocenters. The maximum atomic E-state index is 0. The van der Waals surface area contributed by atoms with Crippen molar-refractivity contribution in [2.45, 2.75) is 0 Å². The van der Waals surface area contributed by atoms with Crippen LogP contribution in [0.3, 0.4) is 0 Å². The molecule has 0 rings (SSSR count). The first-order valence-corrected chi connectivity index (χ1v) is 0. The molecule has 0 aromatic heterocycles. The minimum Gasteiger partial charge on any atom is -1.00 e. The van der Waals surface area contributed by atoms with Crippen LogP contribution in [0.4, 0.5) is 0 Å². The molecule has 0 atom stereocenters. The molecule has 0 spiro atoms. The molecule has 0 aromatic rings. The van der Waals surface area contributed by atoms with Crippen molar-refractivity contribution in [2.24, 2.45) is 0 Å². The molecule has 0 amide bonds. The Kier molecular flexibility index (Phi) is 124. The van der Waals surface area contributed by atoms with E-state index in [2.05, 4.69) is 0 Å². The number of hydrogen-bond donors (Lipinski definition) is 0. The van der Waals surface area contributed by atoms with E-state index in [4.69, 9.17) is 0 Å². The monoisotopic (exact) mass is 326 g/mol. The maximum absolute atomic E-state index is 0. The zero-order valence-electron chi connectivity index (χ0n) is 1.36. The molecular weight excluding hydrogens is 326 g/mol. The zero-order valence-corrected chi connectivity index (χ0v) is 6.94. The van der Waals surface area contributed by atoms with Gasteiger partial charge in [-0.1, -0.05) is 0 Å². The Morgan fingerprint density at radius 3 is 0.500 bits per heavy atom. The van der Waals surface area contributed by atoms with E-state index in [-0.39, 0.29) is 89.9 Å². The van der Waals surface area contributed by atoms with Gasteiger partial charge in [0.25, 0.3) is 0 Å². The molecule has 0 saturated heterocycles. The van der Waals surface area contributed by atoms with E-state index < -0.39 is 0 Å². The molecule has 0 N–H and O–H groups in total. The molecule has 0 nitrogen and oxygen atoms in total. The van der Waals surface area contributed by atoms with Gasteiger partial charge in [-0.25, -0.2) is 0 Å². The Morgan fingerprint density at radius 1 is 0.500 bits per heavy atom. The van der Waals surface area contributed by atoms with Crippen LogP contribution in [-0.4, -0.2) is 0 Å². The van der Waals surface area contributed by atoms with Crippen LogP contribution in [-0.2, 0) is 49.5 Å². The van der Waals surface area contributed by atoms with Gasteiger partial charge < -0.3 is 49.5 Å². The second kappa shape index (κ2) is 17.0. The van der Waals surface area contributed by atoms with Crippen LogP contribution >= 0.6 is 0 Å². The van der Waals surface area contributed by atoms with Crippen molar-refractivity contribution in [3.05, 3.63) is 0 Å². The van der Waals surface area contributed by atoms with Crippen molar-refractivity contribution in [1.29, 1.82) is 0 Å². The molecule has 4 heavy (non-hydrogen) atoms. The summed E-state index contributed by atoms with van der Waals surface area (Å²) in [4.78, 5) is 0. The van der Waals surface area contributed by atoms with Gasteiger partial charge in [-0.3, -0.25) is 0 Å². The summed E-state index contributed by atoms with van der Waals surface area (Å²) in [5.74, 6) is 0. The van der Waals surface area contributed by atoms with Gasteiger partial charge in [-0.05, 0) is 0 Å². The molecule has 0 aliphatic heterocycles. The van der Waals surface area contributed by atoms with Crippen LogP contribution in [0.15, 0.2) is 0 Å². The normalized spacial score (nSPS) is 0. The SMILES string of the molecule is [Ni-].[Ni-].[Ni-].[Sm+3]. The van der Waals surface area contributed by atoms with Gasteiger partial charge in [-0.2, -0.15) is 0 Å². The van der Waals surface area contributed by atoms with Crippen LogP contribution in [0.2, 0.25) is 0 Å². The number of hydrogen-bond acceptors (Lipinski definition) is 0. The van der Waals surface area contributed by atoms with Gasteiger partial charge in [0.05, 0.1) is 0 Å². The first-order valence-electron chi connectivity index (χ1n) is 0. The van der Waals surface area contributed by atoms with Crippen molar-refractivity contribution >= 4 is 0 Å². The molecule has 0 bridgehead atoms. The van der Waals surface area contributed by atoms with Crippen molar-refractivity contribution in [1.82, 2.24) is 0 Å². The third-order valence-electron chi connectivity index (χ3n) is 0. The Balaban J connectivity index is 0. The van der Waals surface area contributed by atoms with Gasteiger partial charge >= 0.3 is 40.4 Å². The van der Waals surface area contributed by atoms with Gasteiger partial charge in [-0.15, -0.1) is 0 Å². The van der Waals surface area contributed by atoms with E-state index >= 15 is 0 Å². The largest absolute Gasteiger partial charge is 3.00 e. The Labute approximate surface area is 88.1 Å². The summed E-state index contributed by atoms with van der Waals surface area (Å²) in [6.07, 6.45) is 0. The molecule has 0 heterocycles. The molecule has 0 fully saturated rings. The third kappa shape index (κ3) is 8.84. The minimum absolute atomic E-state index is 0. The molecular formula is Ni3Sm. The number of rotatable bonds is 0. The Hall–Kier alpha value is 2.82. The Bertz CT molecular complexity index is 3.25. The first kappa shape index (κ1) is 29.1. The first-order chi connectivity index (χ1) is 0. The summed E-state index contributed by atoms with van der Waals surface area (Å²) in [5.41, 5.74) is 0. The van der Waals surface area contributed by atoms with Crippen molar-refractivity contribution in [2.75, 3.05) is 0 Å². The second-order valence-corrected chi connectivity index (χ2v) is 0. The quantitative estimate of drug-likeness (QED) is 0.550. The van der Waals surface area contributed by atoms with Gasteiger partial charge in [0.2, 0.25) is 0 Å². The van der Waals surface area contributed by atoms with E-state index in [1.165, 1.54) is 0 Å².